The predicted molar refractivity (Wildman–Crippen MR) is 68.9 cm³/mol. The third kappa shape index (κ3) is 3.98. The molecule has 0 aliphatic rings. The van der Waals surface area contributed by atoms with E-state index in [0.717, 1.165) is 6.42 Å². The molecule has 0 bridgehead atoms. The molecule has 0 heterocycles. The van der Waals surface area contributed by atoms with Crippen LogP contribution < -0.4 is 10.5 Å². The minimum absolute atomic E-state index is 0.0261. The molecule has 94 valence electrons. The van der Waals surface area contributed by atoms with Gasteiger partial charge in [-0.05, 0) is 25.5 Å². The lowest BCUT2D eigenvalue weighted by molar-refractivity contribution is -0.133. The van der Waals surface area contributed by atoms with Gasteiger partial charge in [-0.25, -0.2) is 0 Å². The van der Waals surface area contributed by atoms with Crippen LogP contribution in [0, 0.1) is 0 Å². The van der Waals surface area contributed by atoms with Crippen LogP contribution in [-0.4, -0.2) is 30.5 Å². The van der Waals surface area contributed by atoms with Crippen LogP contribution in [-0.2, 0) is 4.79 Å². The van der Waals surface area contributed by atoms with Crippen LogP contribution in [0.2, 0.25) is 0 Å². The normalized spacial score (nSPS) is 11.9. The molecule has 0 spiro atoms. The molecule has 0 radical (unpaired) electrons. The molecule has 1 rings (SSSR count). The molecule has 0 saturated carbocycles. The number of rotatable bonds is 5. The molecule has 0 aliphatic carbocycles. The summed E-state index contributed by atoms with van der Waals surface area (Å²) in [6.45, 7) is 4.11. The van der Waals surface area contributed by atoms with Gasteiger partial charge in [-0.15, -0.1) is 0 Å². The first-order valence-electron chi connectivity index (χ1n) is 5.78. The second-order valence-corrected chi connectivity index (χ2v) is 4.12. The molecule has 17 heavy (non-hydrogen) atoms. The van der Waals surface area contributed by atoms with Crippen molar-refractivity contribution in [3.05, 3.63) is 24.3 Å². The van der Waals surface area contributed by atoms with E-state index in [2.05, 4.69) is 0 Å². The Bertz CT molecular complexity index is 379. The van der Waals surface area contributed by atoms with Crippen molar-refractivity contribution in [1.82, 2.24) is 4.90 Å². The molecule has 0 aliphatic heterocycles. The summed E-state index contributed by atoms with van der Waals surface area (Å²) in [6, 6.07) is 7.30. The number of carbonyl (C=O) groups excluding carboxylic acids is 1. The molecule has 4 nitrogen and oxygen atoms in total. The zero-order valence-electron chi connectivity index (χ0n) is 10.6. The van der Waals surface area contributed by atoms with Gasteiger partial charge in [0.15, 0.2) is 6.61 Å². The van der Waals surface area contributed by atoms with Gasteiger partial charge in [0.2, 0.25) is 0 Å². The van der Waals surface area contributed by atoms with Gasteiger partial charge in [0.05, 0.1) is 0 Å². The summed E-state index contributed by atoms with van der Waals surface area (Å²) >= 11 is 0. The van der Waals surface area contributed by atoms with E-state index in [9.17, 15) is 4.79 Å². The third-order valence-electron chi connectivity index (χ3n) is 2.87. The maximum Gasteiger partial charge on any atom is 0.260 e. The molecular weight excluding hydrogens is 216 g/mol. The van der Waals surface area contributed by atoms with E-state index < -0.39 is 0 Å². The van der Waals surface area contributed by atoms with Gasteiger partial charge in [0.1, 0.15) is 5.75 Å². The first-order valence-corrected chi connectivity index (χ1v) is 5.78. The Balaban J connectivity index is 2.48. The molecule has 1 aromatic rings. The van der Waals surface area contributed by atoms with Gasteiger partial charge < -0.3 is 15.4 Å². The van der Waals surface area contributed by atoms with Crippen LogP contribution in [0.15, 0.2) is 24.3 Å². The molecular formula is C13H20N2O2. The minimum atomic E-state index is -0.0261. The Labute approximate surface area is 102 Å². The van der Waals surface area contributed by atoms with Gasteiger partial charge in [0, 0.05) is 24.8 Å². The lowest BCUT2D eigenvalue weighted by Gasteiger charge is -2.23. The van der Waals surface area contributed by atoms with Crippen molar-refractivity contribution < 1.29 is 9.53 Å². The number of nitrogens with two attached hydrogens (primary N) is 1. The molecule has 0 aromatic heterocycles. The average molecular weight is 236 g/mol. The lowest BCUT2D eigenvalue weighted by Crippen LogP contribution is -2.37. The van der Waals surface area contributed by atoms with Crippen molar-refractivity contribution in [1.29, 1.82) is 0 Å². The van der Waals surface area contributed by atoms with Crippen molar-refractivity contribution in [3.63, 3.8) is 0 Å². The molecule has 1 aromatic carbocycles. The number of anilines is 1. The fraction of sp³-hybridized carbons (Fsp3) is 0.462. The molecule has 1 atom stereocenters. The van der Waals surface area contributed by atoms with Crippen LogP contribution in [0.3, 0.4) is 0 Å². The number of ether oxygens (including phenoxy) is 1. The number of likely N-dealkylation sites (N-methyl/N-ethyl adjacent to an activating group) is 1. The Kier molecular flexibility index (Phi) is 4.82. The zero-order valence-corrected chi connectivity index (χ0v) is 10.6. The summed E-state index contributed by atoms with van der Waals surface area (Å²) < 4.78 is 5.39. The highest BCUT2D eigenvalue weighted by atomic mass is 16.5. The van der Waals surface area contributed by atoms with Gasteiger partial charge in [-0.2, -0.15) is 0 Å². The van der Waals surface area contributed by atoms with Gasteiger partial charge in [-0.3, -0.25) is 4.79 Å². The summed E-state index contributed by atoms with van der Waals surface area (Å²) in [7, 11) is 1.79. The van der Waals surface area contributed by atoms with E-state index in [1.807, 2.05) is 13.8 Å². The fourth-order valence-corrected chi connectivity index (χ4v) is 1.37. The molecule has 0 saturated heterocycles. The fourth-order valence-electron chi connectivity index (χ4n) is 1.37. The monoisotopic (exact) mass is 236 g/mol. The number of hydrogen-bond donors (Lipinski definition) is 1. The predicted octanol–water partition coefficient (Wildman–Crippen LogP) is 1.90. The number of nitrogens with zero attached hydrogens (tertiary/aromatic N) is 1. The molecule has 0 fully saturated rings. The van der Waals surface area contributed by atoms with E-state index in [1.165, 1.54) is 0 Å². The largest absolute Gasteiger partial charge is 0.484 e. The van der Waals surface area contributed by atoms with Crippen molar-refractivity contribution in [2.24, 2.45) is 0 Å². The highest BCUT2D eigenvalue weighted by Crippen LogP contribution is 2.14. The molecule has 1 unspecified atom stereocenters. The number of benzene rings is 1. The van der Waals surface area contributed by atoms with Gasteiger partial charge >= 0.3 is 0 Å². The quantitative estimate of drug-likeness (QED) is 0.794. The standard InChI is InChI=1S/C13H20N2O2/c1-4-10(2)15(3)13(16)9-17-12-7-5-6-11(14)8-12/h5-8,10H,4,9,14H2,1-3H3. The first kappa shape index (κ1) is 13.4. The maximum atomic E-state index is 11.8. The van der Waals surface area contributed by atoms with E-state index in [1.54, 1.807) is 36.2 Å². The highest BCUT2D eigenvalue weighted by Gasteiger charge is 2.14. The SMILES string of the molecule is CCC(C)N(C)C(=O)COc1cccc(N)c1. The van der Waals surface area contributed by atoms with Gasteiger partial charge in [-0.1, -0.05) is 13.0 Å². The van der Waals surface area contributed by atoms with Crippen LogP contribution in [0.4, 0.5) is 5.69 Å². The smallest absolute Gasteiger partial charge is 0.260 e. The molecule has 2 N–H and O–H groups in total. The van der Waals surface area contributed by atoms with E-state index in [0.29, 0.717) is 11.4 Å². The van der Waals surface area contributed by atoms with E-state index in [-0.39, 0.29) is 18.6 Å². The highest BCUT2D eigenvalue weighted by molar-refractivity contribution is 5.77. The second kappa shape index (κ2) is 6.13. The Morgan fingerprint density at radius 2 is 2.24 bits per heavy atom. The number of amides is 1. The Hall–Kier alpha value is -1.71. The molecule has 1 amide bonds. The van der Waals surface area contributed by atoms with Crippen molar-refractivity contribution in [2.45, 2.75) is 26.3 Å². The third-order valence-corrected chi connectivity index (χ3v) is 2.87. The summed E-state index contributed by atoms with van der Waals surface area (Å²) in [5.74, 6) is 0.595. The van der Waals surface area contributed by atoms with E-state index in [4.69, 9.17) is 10.5 Å². The molecule has 4 heteroatoms. The lowest BCUT2D eigenvalue weighted by atomic mass is 10.2. The van der Waals surface area contributed by atoms with Crippen LogP contribution in [0.25, 0.3) is 0 Å². The zero-order chi connectivity index (χ0) is 12.8. The van der Waals surface area contributed by atoms with Crippen molar-refractivity contribution >= 4 is 11.6 Å². The van der Waals surface area contributed by atoms with E-state index >= 15 is 0 Å². The Morgan fingerprint density at radius 3 is 2.82 bits per heavy atom. The topological polar surface area (TPSA) is 55.6 Å². The van der Waals surface area contributed by atoms with Crippen LogP contribution in [0.1, 0.15) is 20.3 Å². The number of carbonyl (C=O) groups is 1. The summed E-state index contributed by atoms with van der Waals surface area (Å²) in [5, 5.41) is 0. The number of hydrogen-bond acceptors (Lipinski definition) is 3. The summed E-state index contributed by atoms with van der Waals surface area (Å²) in [4.78, 5) is 13.5. The average Bonchev–Trinajstić information content (AvgIpc) is 2.34. The van der Waals surface area contributed by atoms with Crippen LogP contribution >= 0.6 is 0 Å². The summed E-state index contributed by atoms with van der Waals surface area (Å²) in [5.41, 5.74) is 6.25. The number of nitrogen functional groups attached to an aromatic ring is 1. The first-order chi connectivity index (χ1) is 8.04. The van der Waals surface area contributed by atoms with Crippen molar-refractivity contribution in [2.75, 3.05) is 19.4 Å². The maximum absolute atomic E-state index is 11.8. The van der Waals surface area contributed by atoms with Gasteiger partial charge in [0.25, 0.3) is 5.91 Å². The Morgan fingerprint density at radius 1 is 1.53 bits per heavy atom. The second-order valence-electron chi connectivity index (χ2n) is 4.12. The van der Waals surface area contributed by atoms with Crippen LogP contribution in [0.5, 0.6) is 5.75 Å². The minimum Gasteiger partial charge on any atom is -0.484 e. The van der Waals surface area contributed by atoms with Crippen molar-refractivity contribution in [3.8, 4) is 5.75 Å². The summed E-state index contributed by atoms with van der Waals surface area (Å²) in [6.07, 6.45) is 0.931.